The minimum absolute atomic E-state index is 0.502. The number of hydrogen-bond donors (Lipinski definition) is 1. The summed E-state index contributed by atoms with van der Waals surface area (Å²) in [5.74, 6) is 1.29. The van der Waals surface area contributed by atoms with Crippen LogP contribution >= 0.6 is 39.1 Å². The molecule has 1 heterocycles. The number of benzene rings is 1. The van der Waals surface area contributed by atoms with E-state index in [1.807, 2.05) is 22.9 Å². The van der Waals surface area contributed by atoms with Gasteiger partial charge in [0.1, 0.15) is 0 Å². The van der Waals surface area contributed by atoms with E-state index in [1.165, 1.54) is 0 Å². The first-order chi connectivity index (χ1) is 9.00. The monoisotopic (exact) mass is 361 g/mol. The molecule has 2 aromatic rings. The van der Waals surface area contributed by atoms with Gasteiger partial charge in [0.05, 0.1) is 15.7 Å². The van der Waals surface area contributed by atoms with Gasteiger partial charge in [0.2, 0.25) is 5.95 Å². The minimum atomic E-state index is 0.502. The number of anilines is 1. The highest BCUT2D eigenvalue weighted by atomic mass is 79.9. The summed E-state index contributed by atoms with van der Waals surface area (Å²) in [5, 5.41) is 4.29. The maximum Gasteiger partial charge on any atom is 0.207 e. The first-order valence-electron chi connectivity index (χ1n) is 5.91. The summed E-state index contributed by atoms with van der Waals surface area (Å²) in [6.45, 7) is 5.13. The molecule has 0 radical (unpaired) electrons. The minimum Gasteiger partial charge on any atom is -0.355 e. The van der Waals surface area contributed by atoms with Crippen LogP contribution in [0.15, 0.2) is 29.0 Å². The molecule has 1 N–H and O–H groups in total. The molecule has 2 rings (SSSR count). The Morgan fingerprint density at radius 3 is 2.74 bits per heavy atom. The summed E-state index contributed by atoms with van der Waals surface area (Å²) < 4.78 is 2.67. The third kappa shape index (κ3) is 3.25. The summed E-state index contributed by atoms with van der Waals surface area (Å²) >= 11 is 15.8. The third-order valence-corrected chi connectivity index (χ3v) is 4.34. The highest BCUT2D eigenvalue weighted by Crippen LogP contribution is 2.35. The molecule has 0 amide bonds. The lowest BCUT2D eigenvalue weighted by Crippen LogP contribution is -2.12. The van der Waals surface area contributed by atoms with Crippen LogP contribution in [0.3, 0.4) is 0 Å². The van der Waals surface area contributed by atoms with Gasteiger partial charge < -0.3 is 5.32 Å². The lowest BCUT2D eigenvalue weighted by atomic mass is 10.2. The van der Waals surface area contributed by atoms with Gasteiger partial charge in [0.15, 0.2) is 0 Å². The van der Waals surface area contributed by atoms with Crippen molar-refractivity contribution in [3.63, 3.8) is 0 Å². The van der Waals surface area contributed by atoms with Gasteiger partial charge in [-0.1, -0.05) is 37.0 Å². The van der Waals surface area contributed by atoms with Gasteiger partial charge in [-0.2, -0.15) is 0 Å². The molecule has 0 fully saturated rings. The zero-order valence-electron chi connectivity index (χ0n) is 10.6. The van der Waals surface area contributed by atoms with E-state index in [4.69, 9.17) is 23.2 Å². The van der Waals surface area contributed by atoms with Crippen LogP contribution in [0.1, 0.15) is 13.8 Å². The van der Waals surface area contributed by atoms with E-state index in [1.54, 1.807) is 6.20 Å². The lowest BCUT2D eigenvalue weighted by molar-refractivity contribution is 0.683. The maximum atomic E-state index is 6.29. The Morgan fingerprint density at radius 1 is 1.32 bits per heavy atom. The van der Waals surface area contributed by atoms with Crippen LogP contribution < -0.4 is 5.32 Å². The highest BCUT2D eigenvalue weighted by Gasteiger charge is 2.13. The van der Waals surface area contributed by atoms with E-state index >= 15 is 0 Å². The molecule has 0 unspecified atom stereocenters. The molecule has 3 nitrogen and oxygen atoms in total. The molecule has 0 aliphatic heterocycles. The molecule has 0 spiro atoms. The van der Waals surface area contributed by atoms with Gasteiger partial charge >= 0.3 is 0 Å². The van der Waals surface area contributed by atoms with Crippen molar-refractivity contribution in [2.24, 2.45) is 5.92 Å². The Balaban J connectivity index is 2.37. The molecule has 0 aliphatic carbocycles. The zero-order valence-corrected chi connectivity index (χ0v) is 13.7. The van der Waals surface area contributed by atoms with Crippen LogP contribution in [0.4, 0.5) is 5.95 Å². The SMILES string of the molecule is CC(C)CNc1nccn1-c1ccc(Br)c(Cl)c1Cl. The predicted octanol–water partition coefficient (Wildman–Crippen LogP) is 5.01. The van der Waals surface area contributed by atoms with E-state index in [0.29, 0.717) is 16.0 Å². The highest BCUT2D eigenvalue weighted by molar-refractivity contribution is 9.10. The van der Waals surface area contributed by atoms with Crippen molar-refractivity contribution in [2.45, 2.75) is 13.8 Å². The average Bonchev–Trinajstić information content (AvgIpc) is 2.82. The fourth-order valence-electron chi connectivity index (χ4n) is 1.63. The number of halogens is 3. The van der Waals surface area contributed by atoms with Gasteiger partial charge in [-0.05, 0) is 34.0 Å². The molecule has 1 aromatic heterocycles. The molecule has 0 bridgehead atoms. The zero-order chi connectivity index (χ0) is 14.0. The molecule has 1 aromatic carbocycles. The number of nitrogens with one attached hydrogen (secondary N) is 1. The second kappa shape index (κ2) is 6.16. The molecule has 0 atom stereocenters. The second-order valence-electron chi connectivity index (χ2n) is 4.59. The van der Waals surface area contributed by atoms with Crippen molar-refractivity contribution in [1.82, 2.24) is 9.55 Å². The quantitative estimate of drug-likeness (QED) is 0.774. The number of hydrogen-bond acceptors (Lipinski definition) is 2. The fourth-order valence-corrected chi connectivity index (χ4v) is 2.49. The normalized spacial score (nSPS) is 11.1. The Bertz CT molecular complexity index is 581. The Hall–Kier alpha value is -0.710. The summed E-state index contributed by atoms with van der Waals surface area (Å²) in [7, 11) is 0. The van der Waals surface area contributed by atoms with Crippen molar-refractivity contribution in [3.05, 3.63) is 39.0 Å². The van der Waals surface area contributed by atoms with E-state index in [2.05, 4.69) is 40.1 Å². The predicted molar refractivity (Wildman–Crippen MR) is 84.6 cm³/mol. The first-order valence-corrected chi connectivity index (χ1v) is 7.46. The smallest absolute Gasteiger partial charge is 0.207 e. The van der Waals surface area contributed by atoms with Gasteiger partial charge in [-0.25, -0.2) is 4.98 Å². The average molecular weight is 363 g/mol. The van der Waals surface area contributed by atoms with Crippen LogP contribution in [0, 0.1) is 5.92 Å². The van der Waals surface area contributed by atoms with E-state index in [0.717, 1.165) is 22.7 Å². The topological polar surface area (TPSA) is 29.9 Å². The molecule has 0 saturated heterocycles. The van der Waals surface area contributed by atoms with Crippen molar-refractivity contribution in [1.29, 1.82) is 0 Å². The van der Waals surface area contributed by atoms with Crippen molar-refractivity contribution >= 4 is 45.1 Å². The van der Waals surface area contributed by atoms with Crippen LogP contribution in [0.25, 0.3) is 5.69 Å². The summed E-state index contributed by atoms with van der Waals surface area (Å²) in [4.78, 5) is 4.30. The summed E-state index contributed by atoms with van der Waals surface area (Å²) in [6, 6.07) is 3.77. The molecule has 102 valence electrons. The summed E-state index contributed by atoms with van der Waals surface area (Å²) in [5.41, 5.74) is 0.804. The van der Waals surface area contributed by atoms with E-state index in [9.17, 15) is 0 Å². The molecule has 0 saturated carbocycles. The van der Waals surface area contributed by atoms with E-state index in [-0.39, 0.29) is 0 Å². The number of imidazole rings is 1. The third-order valence-electron chi connectivity index (χ3n) is 2.58. The Morgan fingerprint density at radius 2 is 2.05 bits per heavy atom. The Labute approximate surface area is 131 Å². The maximum absolute atomic E-state index is 6.29. The van der Waals surface area contributed by atoms with Crippen molar-refractivity contribution in [3.8, 4) is 5.69 Å². The standard InChI is InChI=1S/C13H14BrCl2N3/c1-8(2)7-18-13-17-5-6-19(13)10-4-3-9(14)11(15)12(10)16/h3-6,8H,7H2,1-2H3,(H,17,18). The fraction of sp³-hybridized carbons (Fsp3) is 0.308. The van der Waals surface area contributed by atoms with Crippen molar-refractivity contribution < 1.29 is 0 Å². The van der Waals surface area contributed by atoms with Gasteiger partial charge in [-0.3, -0.25) is 4.57 Å². The van der Waals surface area contributed by atoms with Crippen LogP contribution in [-0.4, -0.2) is 16.1 Å². The van der Waals surface area contributed by atoms with Crippen LogP contribution in [0.2, 0.25) is 10.0 Å². The van der Waals surface area contributed by atoms with Gasteiger partial charge in [-0.15, -0.1) is 0 Å². The number of nitrogens with zero attached hydrogens (tertiary/aromatic N) is 2. The number of rotatable bonds is 4. The van der Waals surface area contributed by atoms with E-state index < -0.39 is 0 Å². The molecule has 0 aliphatic rings. The van der Waals surface area contributed by atoms with Crippen LogP contribution in [0.5, 0.6) is 0 Å². The first kappa shape index (κ1) is 14.7. The summed E-state index contributed by atoms with van der Waals surface area (Å²) in [6.07, 6.45) is 3.59. The van der Waals surface area contributed by atoms with Gasteiger partial charge in [0, 0.05) is 23.4 Å². The van der Waals surface area contributed by atoms with Crippen LogP contribution in [-0.2, 0) is 0 Å². The Kier molecular flexibility index (Phi) is 4.76. The van der Waals surface area contributed by atoms with Crippen molar-refractivity contribution in [2.75, 3.05) is 11.9 Å². The van der Waals surface area contributed by atoms with Gasteiger partial charge in [0.25, 0.3) is 0 Å². The molecule has 19 heavy (non-hydrogen) atoms. The lowest BCUT2D eigenvalue weighted by Gasteiger charge is -2.13. The largest absolute Gasteiger partial charge is 0.355 e. The number of aromatic nitrogens is 2. The molecule has 6 heteroatoms. The molecular formula is C13H14BrCl2N3. The molecular weight excluding hydrogens is 349 g/mol. The second-order valence-corrected chi connectivity index (χ2v) is 6.20.